The van der Waals surface area contributed by atoms with Gasteiger partial charge in [-0.05, 0) is 57.2 Å². The summed E-state index contributed by atoms with van der Waals surface area (Å²) >= 11 is 0. The van der Waals surface area contributed by atoms with Gasteiger partial charge in [0, 0.05) is 7.11 Å². The molecular weight excluding hydrogens is 488 g/mol. The Kier molecular flexibility index (Phi) is 7.66. The van der Waals surface area contributed by atoms with Crippen LogP contribution < -0.4 is 0 Å². The molecule has 1 heterocycles. The molecule has 1 aliphatic rings. The highest BCUT2D eigenvalue weighted by molar-refractivity contribution is 5.91. The first kappa shape index (κ1) is 27.0. The molecule has 3 aromatic carbocycles. The van der Waals surface area contributed by atoms with Gasteiger partial charge in [-0.1, -0.05) is 54.6 Å². The van der Waals surface area contributed by atoms with Gasteiger partial charge in [0.05, 0.1) is 16.7 Å². The molecule has 8 heteroatoms. The minimum atomic E-state index is -1.67. The second-order valence-electron chi connectivity index (χ2n) is 9.51. The summed E-state index contributed by atoms with van der Waals surface area (Å²) in [6.45, 7) is 4.46. The number of hydrogen-bond acceptors (Lipinski definition) is 8. The first-order chi connectivity index (χ1) is 18.1. The van der Waals surface area contributed by atoms with Gasteiger partial charge in [0.15, 0.2) is 5.60 Å². The molecule has 3 aromatic rings. The molecule has 0 bridgehead atoms. The van der Waals surface area contributed by atoms with Gasteiger partial charge in [0.1, 0.15) is 12.2 Å². The Hall–Kier alpha value is -4.01. The van der Waals surface area contributed by atoms with E-state index in [0.717, 1.165) is 0 Å². The Labute approximate surface area is 221 Å². The molecular formula is C30H30O8. The van der Waals surface area contributed by atoms with Crippen LogP contribution in [0, 0.1) is 0 Å². The van der Waals surface area contributed by atoms with Crippen molar-refractivity contribution >= 4 is 17.9 Å². The van der Waals surface area contributed by atoms with Crippen molar-refractivity contribution in [3.63, 3.8) is 0 Å². The van der Waals surface area contributed by atoms with Crippen LogP contribution in [-0.2, 0) is 23.7 Å². The van der Waals surface area contributed by atoms with Crippen molar-refractivity contribution in [3.05, 3.63) is 108 Å². The summed E-state index contributed by atoms with van der Waals surface area (Å²) in [6.07, 6.45) is -1.16. The maximum Gasteiger partial charge on any atom is 0.339 e. The molecule has 0 radical (unpaired) electrons. The molecule has 1 fully saturated rings. The maximum atomic E-state index is 13.3. The van der Waals surface area contributed by atoms with Gasteiger partial charge in [-0.3, -0.25) is 0 Å². The fourth-order valence-electron chi connectivity index (χ4n) is 4.52. The van der Waals surface area contributed by atoms with Crippen molar-refractivity contribution in [1.29, 1.82) is 0 Å². The van der Waals surface area contributed by atoms with E-state index in [-0.39, 0.29) is 12.2 Å². The minimum absolute atomic E-state index is 0.287. The van der Waals surface area contributed by atoms with E-state index in [2.05, 4.69) is 0 Å². The molecule has 0 N–H and O–H groups in total. The average molecular weight is 519 g/mol. The number of benzene rings is 3. The third kappa shape index (κ3) is 4.92. The van der Waals surface area contributed by atoms with Crippen molar-refractivity contribution in [1.82, 2.24) is 0 Å². The summed E-state index contributed by atoms with van der Waals surface area (Å²) in [5, 5.41) is 0. The smallest absolute Gasteiger partial charge is 0.339 e. The van der Waals surface area contributed by atoms with Gasteiger partial charge in [-0.2, -0.15) is 0 Å². The number of carbonyl (C=O) groups is 3. The lowest BCUT2D eigenvalue weighted by Gasteiger charge is -2.45. The molecule has 198 valence electrons. The van der Waals surface area contributed by atoms with Crippen molar-refractivity contribution in [2.75, 3.05) is 13.7 Å². The lowest BCUT2D eigenvalue weighted by molar-refractivity contribution is -0.202. The molecule has 38 heavy (non-hydrogen) atoms. The number of rotatable bonds is 8. The molecule has 0 aromatic heterocycles. The third-order valence-electron chi connectivity index (χ3n) is 7.10. The highest BCUT2D eigenvalue weighted by Crippen LogP contribution is 2.52. The van der Waals surface area contributed by atoms with E-state index in [1.54, 1.807) is 112 Å². The van der Waals surface area contributed by atoms with E-state index >= 15 is 0 Å². The second-order valence-corrected chi connectivity index (χ2v) is 9.51. The van der Waals surface area contributed by atoms with Crippen LogP contribution in [0.4, 0.5) is 0 Å². The van der Waals surface area contributed by atoms with Crippen molar-refractivity contribution in [3.8, 4) is 0 Å². The van der Waals surface area contributed by atoms with Crippen LogP contribution in [0.15, 0.2) is 91.0 Å². The SMILES string of the molecule is COC1OC(C)(COC(=O)c2ccccc2)C(C)(OC(=O)c2ccccc2)C1(C)OC(=O)c1ccccc1. The molecule has 0 spiro atoms. The normalized spacial score (nSPS) is 26.4. The topological polar surface area (TPSA) is 97.4 Å². The van der Waals surface area contributed by atoms with Crippen LogP contribution in [0.2, 0.25) is 0 Å². The second kappa shape index (κ2) is 10.8. The largest absolute Gasteiger partial charge is 0.459 e. The van der Waals surface area contributed by atoms with E-state index in [0.29, 0.717) is 11.1 Å². The predicted octanol–water partition coefficient (Wildman–Crippen LogP) is 4.84. The molecule has 0 saturated carbocycles. The zero-order valence-electron chi connectivity index (χ0n) is 21.7. The summed E-state index contributed by atoms with van der Waals surface area (Å²) in [5.41, 5.74) is -3.87. The molecule has 1 saturated heterocycles. The zero-order valence-corrected chi connectivity index (χ0v) is 21.7. The minimum Gasteiger partial charge on any atom is -0.459 e. The van der Waals surface area contributed by atoms with E-state index in [1.165, 1.54) is 7.11 Å². The average Bonchev–Trinajstić information content (AvgIpc) is 3.10. The van der Waals surface area contributed by atoms with Crippen LogP contribution in [-0.4, -0.2) is 54.7 Å². The Bertz CT molecular complexity index is 1280. The molecule has 4 unspecified atom stereocenters. The van der Waals surface area contributed by atoms with Gasteiger partial charge in [-0.25, -0.2) is 14.4 Å². The molecule has 8 nitrogen and oxygen atoms in total. The third-order valence-corrected chi connectivity index (χ3v) is 7.10. The Morgan fingerprint density at radius 1 is 0.684 bits per heavy atom. The van der Waals surface area contributed by atoms with E-state index in [4.69, 9.17) is 23.7 Å². The zero-order chi connectivity index (χ0) is 27.4. The van der Waals surface area contributed by atoms with Crippen LogP contribution in [0.5, 0.6) is 0 Å². The Morgan fingerprint density at radius 2 is 1.11 bits per heavy atom. The van der Waals surface area contributed by atoms with Gasteiger partial charge in [0.2, 0.25) is 11.9 Å². The fourth-order valence-corrected chi connectivity index (χ4v) is 4.52. The van der Waals surface area contributed by atoms with E-state index in [9.17, 15) is 14.4 Å². The standard InChI is InChI=1S/C30H30O8/c1-28(20-35-24(31)21-14-8-5-9-15-21)30(3,37-26(33)23-18-12-7-13-19-23)29(2,27(34-4)38-28)36-25(32)22-16-10-6-11-17-22/h5-19,27H,20H2,1-4H3. The summed E-state index contributed by atoms with van der Waals surface area (Å²) in [4.78, 5) is 39.3. The number of esters is 3. The molecule has 1 aliphatic heterocycles. The number of carbonyl (C=O) groups excluding carboxylic acids is 3. The van der Waals surface area contributed by atoms with Crippen molar-refractivity contribution in [2.45, 2.75) is 43.9 Å². The van der Waals surface area contributed by atoms with Gasteiger partial charge >= 0.3 is 17.9 Å². The lowest BCUT2D eigenvalue weighted by atomic mass is 9.75. The van der Waals surface area contributed by atoms with Crippen LogP contribution in [0.25, 0.3) is 0 Å². The number of ether oxygens (including phenoxy) is 5. The Morgan fingerprint density at radius 3 is 1.55 bits per heavy atom. The van der Waals surface area contributed by atoms with Gasteiger partial charge in [-0.15, -0.1) is 0 Å². The van der Waals surface area contributed by atoms with Crippen LogP contribution in [0.1, 0.15) is 51.8 Å². The summed E-state index contributed by atoms with van der Waals surface area (Å²) in [5.74, 6) is -1.92. The van der Waals surface area contributed by atoms with Crippen LogP contribution >= 0.6 is 0 Å². The molecule has 4 rings (SSSR count). The quantitative estimate of drug-likeness (QED) is 0.309. The van der Waals surface area contributed by atoms with Gasteiger partial charge < -0.3 is 23.7 Å². The first-order valence-corrected chi connectivity index (χ1v) is 12.1. The summed E-state index contributed by atoms with van der Waals surface area (Å²) < 4.78 is 29.6. The maximum absolute atomic E-state index is 13.3. The molecule has 0 amide bonds. The van der Waals surface area contributed by atoms with Crippen LogP contribution in [0.3, 0.4) is 0 Å². The molecule has 0 aliphatic carbocycles. The summed E-state index contributed by atoms with van der Waals surface area (Å²) in [6, 6.07) is 25.3. The number of methoxy groups -OCH3 is 1. The fraction of sp³-hybridized carbons (Fsp3) is 0.300. The predicted molar refractivity (Wildman–Crippen MR) is 138 cm³/mol. The highest BCUT2D eigenvalue weighted by atomic mass is 16.8. The summed E-state index contributed by atoms with van der Waals surface area (Å²) in [7, 11) is 1.39. The molecule has 4 atom stereocenters. The van der Waals surface area contributed by atoms with Crippen molar-refractivity contribution < 1.29 is 38.1 Å². The monoisotopic (exact) mass is 518 g/mol. The van der Waals surface area contributed by atoms with Crippen molar-refractivity contribution in [2.24, 2.45) is 0 Å². The van der Waals surface area contributed by atoms with Gasteiger partial charge in [0.25, 0.3) is 0 Å². The number of hydrogen-bond donors (Lipinski definition) is 0. The lowest BCUT2D eigenvalue weighted by Crippen LogP contribution is -2.65. The van der Waals surface area contributed by atoms with E-state index in [1.807, 2.05) is 0 Å². The van der Waals surface area contributed by atoms with E-state index < -0.39 is 41.0 Å². The highest BCUT2D eigenvalue weighted by Gasteiger charge is 2.73. The Balaban J connectivity index is 1.71. The first-order valence-electron chi connectivity index (χ1n) is 12.1.